The standard InChI is InChI=1S/C60H112NO8P/c1-6-8-10-12-14-16-18-20-21-22-23-24-25-26-27-28-29-30-31-32-33-34-35-36-37-38-39-41-42-44-46-48-50-52-59(62)66-56-58(57-68-70(64,65)67-55-54-61(3,4)5)69-60(63)53-51-49-47-45-43-40-19-17-15-13-11-9-7-2/h9,11,15,17,40,43,47,49,58H,6-8,10,12-14,16,18-39,41-42,44-46,48,50-57H2,1-5H3/p+1/b11-9-,17-15-,43-40-,49-47-. The quantitative estimate of drug-likeness (QED) is 0.0211. The summed E-state index contributed by atoms with van der Waals surface area (Å²) >= 11 is 0. The molecule has 0 bridgehead atoms. The summed E-state index contributed by atoms with van der Waals surface area (Å²) in [6, 6.07) is 0. The molecule has 0 fully saturated rings. The van der Waals surface area contributed by atoms with E-state index in [9.17, 15) is 19.0 Å². The lowest BCUT2D eigenvalue weighted by Gasteiger charge is -2.24. The molecule has 0 rings (SSSR count). The summed E-state index contributed by atoms with van der Waals surface area (Å²) < 4.78 is 34.4. The summed E-state index contributed by atoms with van der Waals surface area (Å²) in [6.07, 6.45) is 65.3. The molecule has 0 aromatic rings. The molecule has 0 radical (unpaired) electrons. The van der Waals surface area contributed by atoms with Crippen molar-refractivity contribution in [3.8, 4) is 0 Å². The average Bonchev–Trinajstić information content (AvgIpc) is 3.32. The molecule has 0 heterocycles. The third-order valence-corrected chi connectivity index (χ3v) is 13.9. The van der Waals surface area contributed by atoms with E-state index in [0.29, 0.717) is 17.4 Å². The topological polar surface area (TPSA) is 108 Å². The molecule has 2 unspecified atom stereocenters. The highest BCUT2D eigenvalue weighted by atomic mass is 31.2. The van der Waals surface area contributed by atoms with Gasteiger partial charge >= 0.3 is 19.8 Å². The molecule has 0 saturated carbocycles. The minimum atomic E-state index is -4.40. The molecule has 0 aromatic carbocycles. The molecule has 1 N–H and O–H groups in total. The molecule has 10 heteroatoms. The minimum absolute atomic E-state index is 0.0192. The zero-order valence-electron chi connectivity index (χ0n) is 46.5. The number of rotatable bonds is 54. The zero-order valence-corrected chi connectivity index (χ0v) is 47.4. The number of quaternary nitrogens is 1. The van der Waals surface area contributed by atoms with E-state index in [1.165, 1.54) is 193 Å². The fourth-order valence-electron chi connectivity index (χ4n) is 8.39. The zero-order chi connectivity index (χ0) is 51.3. The highest BCUT2D eigenvalue weighted by molar-refractivity contribution is 7.47. The molecule has 0 spiro atoms. The van der Waals surface area contributed by atoms with Gasteiger partial charge in [0.25, 0.3) is 0 Å². The normalized spacial score (nSPS) is 13.6. The highest BCUT2D eigenvalue weighted by Crippen LogP contribution is 2.43. The van der Waals surface area contributed by atoms with Crippen LogP contribution in [-0.2, 0) is 32.7 Å². The predicted molar refractivity (Wildman–Crippen MR) is 298 cm³/mol. The maximum atomic E-state index is 12.7. The Morgan fingerprint density at radius 3 is 1.19 bits per heavy atom. The number of hydrogen-bond acceptors (Lipinski definition) is 7. The number of unbranched alkanes of at least 4 members (excludes halogenated alkanes) is 32. The van der Waals surface area contributed by atoms with E-state index in [1.807, 2.05) is 33.3 Å². The number of esters is 2. The molecule has 70 heavy (non-hydrogen) atoms. The molecular weight excluding hydrogens is 894 g/mol. The summed E-state index contributed by atoms with van der Waals surface area (Å²) in [4.78, 5) is 35.5. The molecule has 410 valence electrons. The van der Waals surface area contributed by atoms with Crippen LogP contribution in [0, 0.1) is 0 Å². The molecular formula is C60H113NO8P+. The van der Waals surface area contributed by atoms with Gasteiger partial charge in [-0.15, -0.1) is 0 Å². The lowest BCUT2D eigenvalue weighted by molar-refractivity contribution is -0.870. The van der Waals surface area contributed by atoms with E-state index in [0.717, 1.165) is 44.9 Å². The van der Waals surface area contributed by atoms with Gasteiger partial charge in [0, 0.05) is 12.8 Å². The average molecular weight is 1010 g/mol. The molecule has 0 saturated heterocycles. The second-order valence-corrected chi connectivity index (χ2v) is 22.5. The largest absolute Gasteiger partial charge is 0.472 e. The smallest absolute Gasteiger partial charge is 0.462 e. The number of likely N-dealkylation sites (N-methyl/N-ethyl adjacent to an activating group) is 1. The number of carbonyl (C=O) groups is 2. The number of nitrogens with zero attached hydrogens (tertiary/aromatic N) is 1. The second-order valence-electron chi connectivity index (χ2n) is 21.0. The fourth-order valence-corrected chi connectivity index (χ4v) is 9.13. The first-order chi connectivity index (χ1) is 34.0. The van der Waals surface area contributed by atoms with Gasteiger partial charge in [0.1, 0.15) is 19.8 Å². The van der Waals surface area contributed by atoms with E-state index >= 15 is 0 Å². The molecule has 0 amide bonds. The third kappa shape index (κ3) is 55.3. The first kappa shape index (κ1) is 68.0. The van der Waals surface area contributed by atoms with Gasteiger partial charge in [0.15, 0.2) is 6.10 Å². The van der Waals surface area contributed by atoms with Crippen molar-refractivity contribution in [1.29, 1.82) is 0 Å². The van der Waals surface area contributed by atoms with Crippen molar-refractivity contribution in [2.24, 2.45) is 0 Å². The minimum Gasteiger partial charge on any atom is -0.462 e. The van der Waals surface area contributed by atoms with Crippen LogP contribution in [-0.4, -0.2) is 74.9 Å². The van der Waals surface area contributed by atoms with Crippen molar-refractivity contribution < 1.29 is 42.1 Å². The number of hydrogen-bond donors (Lipinski definition) is 1. The molecule has 2 atom stereocenters. The highest BCUT2D eigenvalue weighted by Gasteiger charge is 2.27. The van der Waals surface area contributed by atoms with Crippen LogP contribution in [0.3, 0.4) is 0 Å². The SMILES string of the molecule is CC/C=C\C/C=C\C/C=C\C/C=C\CCC(=O)OC(COC(=O)CCCCCCCCCCCCCCCCCCCCCCCCCCCCCCCCCCC)COP(=O)(O)OCC[N+](C)(C)C. The van der Waals surface area contributed by atoms with Crippen molar-refractivity contribution in [3.63, 3.8) is 0 Å². The van der Waals surface area contributed by atoms with Crippen LogP contribution in [0.15, 0.2) is 48.6 Å². The summed E-state index contributed by atoms with van der Waals surface area (Å²) in [6.45, 7) is 4.26. The maximum absolute atomic E-state index is 12.7. The molecule has 9 nitrogen and oxygen atoms in total. The third-order valence-electron chi connectivity index (χ3n) is 12.9. The molecule has 0 aliphatic heterocycles. The summed E-state index contributed by atoms with van der Waals surface area (Å²) in [5, 5.41) is 0. The Balaban J connectivity index is 3.97. The van der Waals surface area contributed by atoms with Crippen LogP contribution in [0.2, 0.25) is 0 Å². The molecule has 0 aliphatic carbocycles. The van der Waals surface area contributed by atoms with Gasteiger partial charge in [-0.25, -0.2) is 4.57 Å². The van der Waals surface area contributed by atoms with Crippen LogP contribution >= 0.6 is 7.82 Å². The molecule has 0 aliphatic rings. The predicted octanol–water partition coefficient (Wildman–Crippen LogP) is 18.1. The van der Waals surface area contributed by atoms with Crippen molar-refractivity contribution >= 4 is 19.8 Å². The second kappa shape index (κ2) is 51.9. The van der Waals surface area contributed by atoms with Gasteiger partial charge in [-0.3, -0.25) is 18.6 Å². The maximum Gasteiger partial charge on any atom is 0.472 e. The van der Waals surface area contributed by atoms with Gasteiger partial charge in [0.05, 0.1) is 27.7 Å². The summed E-state index contributed by atoms with van der Waals surface area (Å²) in [7, 11) is 1.44. The van der Waals surface area contributed by atoms with Gasteiger partial charge in [-0.1, -0.05) is 268 Å². The van der Waals surface area contributed by atoms with E-state index in [-0.39, 0.29) is 32.0 Å². The first-order valence-electron chi connectivity index (χ1n) is 29.4. The van der Waals surface area contributed by atoms with Crippen LogP contribution < -0.4 is 0 Å². The van der Waals surface area contributed by atoms with Crippen LogP contribution in [0.5, 0.6) is 0 Å². The van der Waals surface area contributed by atoms with Gasteiger partial charge in [-0.05, 0) is 38.5 Å². The van der Waals surface area contributed by atoms with E-state index in [4.69, 9.17) is 18.5 Å². The van der Waals surface area contributed by atoms with E-state index in [2.05, 4.69) is 50.3 Å². The number of ether oxygens (including phenoxy) is 2. The number of carbonyl (C=O) groups excluding carboxylic acids is 2. The van der Waals surface area contributed by atoms with E-state index in [1.54, 1.807) is 0 Å². The van der Waals surface area contributed by atoms with Gasteiger partial charge in [-0.2, -0.15) is 0 Å². The Kier molecular flexibility index (Phi) is 50.4. The fraction of sp³-hybridized carbons (Fsp3) is 0.833. The Morgan fingerprint density at radius 2 is 0.814 bits per heavy atom. The number of phosphoric acid groups is 1. The lowest BCUT2D eigenvalue weighted by atomic mass is 10.0. The summed E-state index contributed by atoms with van der Waals surface area (Å²) in [5.74, 6) is -0.884. The lowest BCUT2D eigenvalue weighted by Crippen LogP contribution is -2.37. The van der Waals surface area contributed by atoms with Crippen LogP contribution in [0.25, 0.3) is 0 Å². The van der Waals surface area contributed by atoms with Crippen molar-refractivity contribution in [2.45, 2.75) is 277 Å². The Bertz CT molecular complexity index is 1320. The van der Waals surface area contributed by atoms with E-state index < -0.39 is 26.5 Å². The monoisotopic (exact) mass is 1010 g/mol. The Morgan fingerprint density at radius 1 is 0.457 bits per heavy atom. The molecule has 0 aromatic heterocycles. The van der Waals surface area contributed by atoms with Crippen molar-refractivity contribution in [2.75, 3.05) is 47.5 Å². The Labute approximate surface area is 433 Å². The number of phosphoric ester groups is 1. The first-order valence-corrected chi connectivity index (χ1v) is 30.9. The van der Waals surface area contributed by atoms with Gasteiger partial charge < -0.3 is 18.9 Å². The van der Waals surface area contributed by atoms with Crippen LogP contribution in [0.4, 0.5) is 0 Å². The van der Waals surface area contributed by atoms with Crippen molar-refractivity contribution in [3.05, 3.63) is 48.6 Å². The number of allylic oxidation sites excluding steroid dienone is 8. The summed E-state index contributed by atoms with van der Waals surface area (Å²) in [5.41, 5.74) is 0. The van der Waals surface area contributed by atoms with Crippen molar-refractivity contribution in [1.82, 2.24) is 0 Å². The Hall–Kier alpha value is -2.03. The van der Waals surface area contributed by atoms with Gasteiger partial charge in [0.2, 0.25) is 0 Å². The van der Waals surface area contributed by atoms with Crippen LogP contribution in [0.1, 0.15) is 271 Å².